The summed E-state index contributed by atoms with van der Waals surface area (Å²) in [4.78, 5) is 25.2. The standard InChI is InChI=1S/C13H19IN2O4S/c1-13(2,3)21(19)15-9-5-4-8(14)10(9)11(17)16-6-7-20-12(16)18/h9,15H,4-7H2,1-3H3. The summed E-state index contributed by atoms with van der Waals surface area (Å²) in [5.41, 5.74) is 0.548. The van der Waals surface area contributed by atoms with E-state index in [2.05, 4.69) is 27.3 Å². The molecule has 1 aliphatic carbocycles. The minimum absolute atomic E-state index is 0.237. The van der Waals surface area contributed by atoms with Gasteiger partial charge in [-0.05, 0) is 56.2 Å². The molecule has 8 heteroatoms. The largest absolute Gasteiger partial charge is 0.447 e. The zero-order valence-corrected chi connectivity index (χ0v) is 15.2. The van der Waals surface area contributed by atoms with Crippen LogP contribution in [-0.4, -0.2) is 45.0 Å². The Morgan fingerprint density at radius 2 is 2.14 bits per heavy atom. The fraction of sp³-hybridized carbons (Fsp3) is 0.692. The van der Waals surface area contributed by atoms with Gasteiger partial charge in [-0.25, -0.2) is 18.6 Å². The van der Waals surface area contributed by atoms with Crippen molar-refractivity contribution < 1.29 is 18.5 Å². The summed E-state index contributed by atoms with van der Waals surface area (Å²) in [6.45, 7) is 6.14. The maximum Gasteiger partial charge on any atom is 0.416 e. The molecule has 2 unspecified atom stereocenters. The predicted octanol–water partition coefficient (Wildman–Crippen LogP) is 1.87. The van der Waals surface area contributed by atoms with Crippen molar-refractivity contribution in [1.29, 1.82) is 0 Å². The molecule has 0 aromatic carbocycles. The predicted molar refractivity (Wildman–Crippen MR) is 88.2 cm³/mol. The highest BCUT2D eigenvalue weighted by molar-refractivity contribution is 14.1. The maximum atomic E-state index is 12.5. The van der Waals surface area contributed by atoms with E-state index in [0.717, 1.165) is 14.9 Å². The first-order valence-electron chi connectivity index (χ1n) is 6.77. The second-order valence-electron chi connectivity index (χ2n) is 5.98. The fourth-order valence-electron chi connectivity index (χ4n) is 2.15. The number of amides is 2. The minimum atomic E-state index is -1.26. The molecule has 2 atom stereocenters. The molecule has 1 saturated heterocycles. The SMILES string of the molecule is CC(C)(C)S(=O)NC1CCC(I)=C1C(=O)N1CCOC1=O. The van der Waals surface area contributed by atoms with Crippen molar-refractivity contribution in [3.05, 3.63) is 9.15 Å². The van der Waals surface area contributed by atoms with Crippen LogP contribution in [0, 0.1) is 0 Å². The van der Waals surface area contributed by atoms with Gasteiger partial charge >= 0.3 is 6.09 Å². The van der Waals surface area contributed by atoms with E-state index in [1.165, 1.54) is 0 Å². The van der Waals surface area contributed by atoms with Gasteiger partial charge in [-0.1, -0.05) is 0 Å². The van der Waals surface area contributed by atoms with Crippen LogP contribution >= 0.6 is 22.6 Å². The number of rotatable bonds is 3. The van der Waals surface area contributed by atoms with E-state index < -0.39 is 21.8 Å². The summed E-state index contributed by atoms with van der Waals surface area (Å²) in [6.07, 6.45) is 0.868. The normalized spacial score (nSPS) is 24.5. The van der Waals surface area contributed by atoms with Crippen LogP contribution in [0.15, 0.2) is 9.15 Å². The summed E-state index contributed by atoms with van der Waals surface area (Å²) in [6, 6.07) is -0.280. The molecule has 118 valence electrons. The molecule has 2 rings (SSSR count). The van der Waals surface area contributed by atoms with E-state index in [-0.39, 0.29) is 25.1 Å². The van der Waals surface area contributed by atoms with Crippen molar-refractivity contribution in [2.75, 3.05) is 13.2 Å². The van der Waals surface area contributed by atoms with Gasteiger partial charge in [0.1, 0.15) is 6.61 Å². The number of imide groups is 1. The third-order valence-electron chi connectivity index (χ3n) is 3.34. The third-order valence-corrected chi connectivity index (χ3v) is 6.07. The van der Waals surface area contributed by atoms with Gasteiger partial charge < -0.3 is 4.74 Å². The number of carbonyl (C=O) groups excluding carboxylic acids is 2. The molecule has 1 N–H and O–H groups in total. The van der Waals surface area contributed by atoms with Crippen LogP contribution < -0.4 is 4.72 Å². The van der Waals surface area contributed by atoms with E-state index >= 15 is 0 Å². The second-order valence-corrected chi connectivity index (χ2v) is 9.28. The lowest BCUT2D eigenvalue weighted by Gasteiger charge is -2.24. The van der Waals surface area contributed by atoms with Crippen LogP contribution in [0.25, 0.3) is 0 Å². The van der Waals surface area contributed by atoms with Gasteiger partial charge in [0.15, 0.2) is 0 Å². The number of halogens is 1. The van der Waals surface area contributed by atoms with E-state index in [1.807, 2.05) is 20.8 Å². The Balaban J connectivity index is 2.16. The van der Waals surface area contributed by atoms with Crippen molar-refractivity contribution in [2.45, 2.75) is 44.4 Å². The Morgan fingerprint density at radius 1 is 1.48 bits per heavy atom. The summed E-state index contributed by atoms with van der Waals surface area (Å²) < 4.78 is 20.6. The first-order valence-corrected chi connectivity index (χ1v) is 9.00. The molecule has 1 heterocycles. The van der Waals surface area contributed by atoms with Gasteiger partial charge in [-0.3, -0.25) is 4.79 Å². The van der Waals surface area contributed by atoms with Crippen LogP contribution in [0.1, 0.15) is 33.6 Å². The molecule has 2 aliphatic rings. The summed E-state index contributed by atoms with van der Waals surface area (Å²) in [7, 11) is -1.26. The van der Waals surface area contributed by atoms with E-state index in [9.17, 15) is 13.8 Å². The van der Waals surface area contributed by atoms with Crippen molar-refractivity contribution >= 4 is 45.6 Å². The van der Waals surface area contributed by atoms with Crippen molar-refractivity contribution in [2.24, 2.45) is 0 Å². The van der Waals surface area contributed by atoms with Gasteiger partial charge in [0.05, 0.1) is 28.3 Å². The lowest BCUT2D eigenvalue weighted by Crippen LogP contribution is -2.44. The van der Waals surface area contributed by atoms with E-state index in [0.29, 0.717) is 12.0 Å². The molecule has 0 aromatic rings. The Hall–Kier alpha value is -0.480. The molecule has 1 fully saturated rings. The summed E-state index contributed by atoms with van der Waals surface area (Å²) in [5.74, 6) is -0.331. The molecule has 0 bridgehead atoms. The Labute approximate surface area is 140 Å². The highest BCUT2D eigenvalue weighted by atomic mass is 127. The number of nitrogens with zero attached hydrogens (tertiary/aromatic N) is 1. The molecule has 1 aliphatic heterocycles. The Bertz CT molecular complexity index is 527. The highest BCUT2D eigenvalue weighted by Crippen LogP contribution is 2.33. The van der Waals surface area contributed by atoms with E-state index in [1.54, 1.807) is 0 Å². The van der Waals surface area contributed by atoms with Crippen LogP contribution in [-0.2, 0) is 20.5 Å². The molecule has 0 saturated carbocycles. The zero-order chi connectivity index (χ0) is 15.8. The molecule has 21 heavy (non-hydrogen) atoms. The monoisotopic (exact) mass is 426 g/mol. The van der Waals surface area contributed by atoms with Gasteiger partial charge in [-0.15, -0.1) is 0 Å². The average Bonchev–Trinajstić information content (AvgIpc) is 2.94. The van der Waals surface area contributed by atoms with Gasteiger partial charge in [0.25, 0.3) is 5.91 Å². The van der Waals surface area contributed by atoms with Crippen molar-refractivity contribution in [1.82, 2.24) is 9.62 Å². The van der Waals surface area contributed by atoms with Crippen molar-refractivity contribution in [3.63, 3.8) is 0 Å². The molecule has 2 amide bonds. The molecule has 0 aromatic heterocycles. The van der Waals surface area contributed by atoms with Gasteiger partial charge in [0, 0.05) is 9.15 Å². The fourth-order valence-corrected chi connectivity index (χ4v) is 3.92. The zero-order valence-electron chi connectivity index (χ0n) is 12.3. The van der Waals surface area contributed by atoms with Crippen molar-refractivity contribution in [3.8, 4) is 0 Å². The maximum absolute atomic E-state index is 12.5. The molecule has 0 radical (unpaired) electrons. The summed E-state index contributed by atoms with van der Waals surface area (Å²) in [5, 5.41) is 0. The average molecular weight is 426 g/mol. The van der Waals surface area contributed by atoms with Crippen LogP contribution in [0.5, 0.6) is 0 Å². The minimum Gasteiger partial charge on any atom is -0.447 e. The Kier molecular flexibility index (Phi) is 5.09. The summed E-state index contributed by atoms with van der Waals surface area (Å²) >= 11 is 2.13. The molecule has 6 nitrogen and oxygen atoms in total. The number of cyclic esters (lactones) is 1. The lowest BCUT2D eigenvalue weighted by atomic mass is 10.1. The number of hydrogen-bond donors (Lipinski definition) is 1. The lowest BCUT2D eigenvalue weighted by molar-refractivity contribution is -0.124. The second kappa shape index (κ2) is 6.33. The first kappa shape index (κ1) is 16.9. The smallest absolute Gasteiger partial charge is 0.416 e. The van der Waals surface area contributed by atoms with Crippen LogP contribution in [0.3, 0.4) is 0 Å². The molecular weight excluding hydrogens is 407 g/mol. The number of carbonyl (C=O) groups is 2. The van der Waals surface area contributed by atoms with Gasteiger partial charge in [-0.2, -0.15) is 0 Å². The highest BCUT2D eigenvalue weighted by Gasteiger charge is 2.38. The topological polar surface area (TPSA) is 75.7 Å². The molecular formula is C13H19IN2O4S. The van der Waals surface area contributed by atoms with Crippen LogP contribution in [0.4, 0.5) is 4.79 Å². The number of allylic oxidation sites excluding steroid dienone is 1. The first-order chi connectivity index (χ1) is 9.71. The van der Waals surface area contributed by atoms with Gasteiger partial charge in [0.2, 0.25) is 0 Å². The Morgan fingerprint density at radius 3 is 2.67 bits per heavy atom. The number of ether oxygens (including phenoxy) is 1. The van der Waals surface area contributed by atoms with E-state index in [4.69, 9.17) is 4.74 Å². The van der Waals surface area contributed by atoms with Crippen LogP contribution in [0.2, 0.25) is 0 Å². The third kappa shape index (κ3) is 3.65. The number of hydrogen-bond acceptors (Lipinski definition) is 4. The number of nitrogens with one attached hydrogen (secondary N) is 1. The quantitative estimate of drug-likeness (QED) is 0.700. The molecule has 0 spiro atoms.